The maximum atomic E-state index is 4.10. The molecule has 0 amide bonds. The van der Waals surface area contributed by atoms with Crippen LogP contribution in [0.15, 0.2) is 12.4 Å². The van der Waals surface area contributed by atoms with Gasteiger partial charge < -0.3 is 4.90 Å². The summed E-state index contributed by atoms with van der Waals surface area (Å²) in [6, 6.07) is 0.559. The summed E-state index contributed by atoms with van der Waals surface area (Å²) < 4.78 is 2.01. The predicted octanol–water partition coefficient (Wildman–Crippen LogP) is 2.35. The second-order valence-electron chi connectivity index (χ2n) is 6.27. The lowest BCUT2D eigenvalue weighted by Crippen LogP contribution is -2.36. The topological polar surface area (TPSA) is 34.0 Å². The monoisotopic (exact) mass is 236 g/mol. The van der Waals surface area contributed by atoms with Gasteiger partial charge in [0.25, 0.3) is 0 Å². The molecular formula is C13H24N4. The van der Waals surface area contributed by atoms with Crippen molar-refractivity contribution in [1.29, 1.82) is 0 Å². The van der Waals surface area contributed by atoms with Crippen molar-refractivity contribution in [2.45, 2.75) is 46.1 Å². The molecule has 0 spiro atoms. The highest BCUT2D eigenvalue weighted by Crippen LogP contribution is 2.24. The van der Waals surface area contributed by atoms with E-state index >= 15 is 0 Å². The van der Waals surface area contributed by atoms with E-state index in [1.54, 1.807) is 6.20 Å². The molecule has 1 aliphatic heterocycles. The normalized spacial score (nSPS) is 19.7. The van der Waals surface area contributed by atoms with E-state index in [9.17, 15) is 0 Å². The zero-order valence-corrected chi connectivity index (χ0v) is 11.3. The average Bonchev–Trinajstić information content (AvgIpc) is 2.79. The molecule has 96 valence electrons. The largest absolute Gasteiger partial charge is 0.303 e. The summed E-state index contributed by atoms with van der Waals surface area (Å²) >= 11 is 0. The lowest BCUT2D eigenvalue weighted by atomic mass is 9.91. The van der Waals surface area contributed by atoms with Crippen molar-refractivity contribution >= 4 is 0 Å². The van der Waals surface area contributed by atoms with E-state index in [4.69, 9.17) is 0 Å². The first kappa shape index (κ1) is 12.6. The van der Waals surface area contributed by atoms with Gasteiger partial charge in [-0.15, -0.1) is 5.10 Å². The third-order valence-electron chi connectivity index (χ3n) is 3.55. The molecule has 2 heterocycles. The van der Waals surface area contributed by atoms with E-state index in [0.29, 0.717) is 11.5 Å². The molecule has 0 aromatic carbocycles. The van der Waals surface area contributed by atoms with Gasteiger partial charge in [-0.25, -0.2) is 4.68 Å². The van der Waals surface area contributed by atoms with Crippen LogP contribution in [-0.4, -0.2) is 39.5 Å². The Morgan fingerprint density at radius 3 is 2.47 bits per heavy atom. The van der Waals surface area contributed by atoms with Crippen molar-refractivity contribution < 1.29 is 0 Å². The summed E-state index contributed by atoms with van der Waals surface area (Å²) in [5.74, 6) is 0. The van der Waals surface area contributed by atoms with E-state index in [1.807, 2.05) is 10.9 Å². The first-order valence-corrected chi connectivity index (χ1v) is 6.63. The summed E-state index contributed by atoms with van der Waals surface area (Å²) in [4.78, 5) is 2.58. The van der Waals surface area contributed by atoms with Gasteiger partial charge in [0.2, 0.25) is 0 Å². The molecule has 17 heavy (non-hydrogen) atoms. The van der Waals surface area contributed by atoms with E-state index < -0.39 is 0 Å². The third kappa shape index (κ3) is 3.80. The minimum atomic E-state index is 0.447. The van der Waals surface area contributed by atoms with Crippen molar-refractivity contribution in [3.63, 3.8) is 0 Å². The van der Waals surface area contributed by atoms with Gasteiger partial charge >= 0.3 is 0 Å². The third-order valence-corrected chi connectivity index (χ3v) is 3.55. The molecule has 0 bridgehead atoms. The molecule has 0 unspecified atom stereocenters. The van der Waals surface area contributed by atoms with Crippen LogP contribution in [0.1, 0.15) is 46.1 Å². The van der Waals surface area contributed by atoms with E-state index in [1.165, 1.54) is 38.9 Å². The second kappa shape index (κ2) is 5.17. The van der Waals surface area contributed by atoms with E-state index in [-0.39, 0.29) is 0 Å². The van der Waals surface area contributed by atoms with Gasteiger partial charge in [-0.2, -0.15) is 0 Å². The van der Waals surface area contributed by atoms with Crippen LogP contribution in [0.2, 0.25) is 0 Å². The van der Waals surface area contributed by atoms with Crippen LogP contribution in [-0.2, 0) is 0 Å². The van der Waals surface area contributed by atoms with Crippen molar-refractivity contribution in [3.8, 4) is 0 Å². The highest BCUT2D eigenvalue weighted by Gasteiger charge is 2.21. The number of nitrogens with zero attached hydrogens (tertiary/aromatic N) is 4. The summed E-state index contributed by atoms with van der Waals surface area (Å²) in [5.41, 5.74) is 0.447. The summed E-state index contributed by atoms with van der Waals surface area (Å²) in [7, 11) is 0. The Hall–Kier alpha value is -0.900. The number of rotatable bonds is 3. The van der Waals surface area contributed by atoms with Gasteiger partial charge in [0.1, 0.15) is 0 Å². The van der Waals surface area contributed by atoms with Crippen LogP contribution >= 0.6 is 0 Å². The fourth-order valence-electron chi connectivity index (χ4n) is 2.31. The Morgan fingerprint density at radius 1 is 1.24 bits per heavy atom. The van der Waals surface area contributed by atoms with Gasteiger partial charge in [0.05, 0.1) is 12.2 Å². The second-order valence-corrected chi connectivity index (χ2v) is 6.27. The molecule has 1 aromatic rings. The van der Waals surface area contributed by atoms with Gasteiger partial charge in [0.15, 0.2) is 0 Å². The molecular weight excluding hydrogens is 212 g/mol. The fraction of sp³-hybridized carbons (Fsp3) is 0.846. The molecule has 1 saturated heterocycles. The molecule has 4 heteroatoms. The van der Waals surface area contributed by atoms with Crippen molar-refractivity contribution in [2.75, 3.05) is 19.6 Å². The molecule has 0 aliphatic carbocycles. The Kier molecular flexibility index (Phi) is 3.82. The molecule has 1 fully saturated rings. The minimum absolute atomic E-state index is 0.447. The highest BCUT2D eigenvalue weighted by atomic mass is 15.4. The zero-order chi connectivity index (χ0) is 12.3. The summed E-state index contributed by atoms with van der Waals surface area (Å²) in [6.07, 6.45) is 7.43. The van der Waals surface area contributed by atoms with Crippen LogP contribution < -0.4 is 0 Å². The smallest absolute Gasteiger partial charge is 0.0693 e. The maximum absolute atomic E-state index is 4.10. The SMILES string of the molecule is CC(C)(C)CCN1CCC(n2ccnn2)CC1. The molecule has 0 N–H and O–H groups in total. The highest BCUT2D eigenvalue weighted by molar-refractivity contribution is 4.79. The Labute approximate surface area is 104 Å². The minimum Gasteiger partial charge on any atom is -0.303 e. The fourth-order valence-corrected chi connectivity index (χ4v) is 2.31. The molecule has 1 aromatic heterocycles. The van der Waals surface area contributed by atoms with Crippen LogP contribution in [0.4, 0.5) is 0 Å². The summed E-state index contributed by atoms with van der Waals surface area (Å²) in [6.45, 7) is 10.6. The van der Waals surface area contributed by atoms with Crippen LogP contribution in [0.3, 0.4) is 0 Å². The quantitative estimate of drug-likeness (QED) is 0.808. The molecule has 0 saturated carbocycles. The molecule has 0 atom stereocenters. The van der Waals surface area contributed by atoms with Gasteiger partial charge in [-0.05, 0) is 31.2 Å². The van der Waals surface area contributed by atoms with Crippen molar-refractivity contribution in [1.82, 2.24) is 19.9 Å². The van der Waals surface area contributed by atoms with Gasteiger partial charge in [-0.1, -0.05) is 26.0 Å². The van der Waals surface area contributed by atoms with Gasteiger partial charge in [-0.3, -0.25) is 0 Å². The van der Waals surface area contributed by atoms with Crippen LogP contribution in [0, 0.1) is 5.41 Å². The lowest BCUT2D eigenvalue weighted by Gasteiger charge is -2.33. The standard InChI is InChI=1S/C13H24N4/c1-13(2,3)6-10-16-8-4-12(5-9-16)17-11-7-14-15-17/h7,11-12H,4-6,8-10H2,1-3H3. The Morgan fingerprint density at radius 2 is 1.94 bits per heavy atom. The predicted molar refractivity (Wildman–Crippen MR) is 68.8 cm³/mol. The molecule has 2 rings (SSSR count). The number of piperidine rings is 1. The summed E-state index contributed by atoms with van der Waals surface area (Å²) in [5, 5.41) is 7.98. The van der Waals surface area contributed by atoms with Gasteiger partial charge in [0, 0.05) is 19.3 Å². The molecule has 0 radical (unpaired) electrons. The number of hydrogen-bond donors (Lipinski definition) is 0. The van der Waals surface area contributed by atoms with E-state index in [0.717, 1.165) is 0 Å². The van der Waals surface area contributed by atoms with Crippen LogP contribution in [0.25, 0.3) is 0 Å². The lowest BCUT2D eigenvalue weighted by molar-refractivity contribution is 0.159. The Balaban J connectivity index is 1.75. The van der Waals surface area contributed by atoms with Crippen molar-refractivity contribution in [2.24, 2.45) is 5.41 Å². The van der Waals surface area contributed by atoms with E-state index in [2.05, 4.69) is 36.0 Å². The molecule has 1 aliphatic rings. The Bertz CT molecular complexity index is 318. The maximum Gasteiger partial charge on any atom is 0.0693 e. The molecule has 4 nitrogen and oxygen atoms in total. The average molecular weight is 236 g/mol. The number of hydrogen-bond acceptors (Lipinski definition) is 3. The zero-order valence-electron chi connectivity index (χ0n) is 11.3. The number of likely N-dealkylation sites (tertiary alicyclic amines) is 1. The first-order valence-electron chi connectivity index (χ1n) is 6.63. The van der Waals surface area contributed by atoms with Crippen LogP contribution in [0.5, 0.6) is 0 Å². The van der Waals surface area contributed by atoms with Crippen molar-refractivity contribution in [3.05, 3.63) is 12.4 Å². The first-order chi connectivity index (χ1) is 8.04. The number of aromatic nitrogens is 3.